The van der Waals surface area contributed by atoms with Gasteiger partial charge in [0.05, 0.1) is 34.0 Å². The molecule has 2 rings (SSSR count). The lowest BCUT2D eigenvalue weighted by atomic mass is 10.1. The number of rotatable bonds is 8. The van der Waals surface area contributed by atoms with Crippen LogP contribution in [0.1, 0.15) is 11.1 Å². The summed E-state index contributed by atoms with van der Waals surface area (Å²) in [5, 5.41) is 1.64. The number of benzene rings is 2. The Morgan fingerprint density at radius 2 is 1.40 bits per heavy atom. The lowest BCUT2D eigenvalue weighted by Crippen LogP contribution is -2.00. The van der Waals surface area contributed by atoms with Crippen molar-refractivity contribution >= 4 is 17.3 Å². The second-order valence-corrected chi connectivity index (χ2v) is 6.44. The molecule has 0 radical (unpaired) electrons. The van der Waals surface area contributed by atoms with Crippen LogP contribution in [0.5, 0.6) is 23.0 Å². The Morgan fingerprint density at radius 3 is 1.88 bits per heavy atom. The zero-order chi connectivity index (χ0) is 18.2. The summed E-state index contributed by atoms with van der Waals surface area (Å²) in [5.74, 6) is 3.01. The van der Waals surface area contributed by atoms with E-state index in [-0.39, 0.29) is 0 Å². The molecule has 6 heteroatoms. The van der Waals surface area contributed by atoms with Crippen molar-refractivity contribution in [3.8, 4) is 23.0 Å². The molecule has 25 heavy (non-hydrogen) atoms. The van der Waals surface area contributed by atoms with Gasteiger partial charge in [0.1, 0.15) is 34.2 Å². The number of hydrogen-bond acceptors (Lipinski definition) is 5. The molecule has 0 fully saturated rings. The van der Waals surface area contributed by atoms with Gasteiger partial charge in [0.15, 0.2) is 0 Å². The molecule has 2 aromatic carbocycles. The third-order valence-electron chi connectivity index (χ3n) is 3.61. The maximum Gasteiger partial charge on any atom is 0.135 e. The second kappa shape index (κ2) is 9.25. The summed E-state index contributed by atoms with van der Waals surface area (Å²) in [4.78, 5) is 0. The molecule has 5 nitrogen and oxygen atoms in total. The monoisotopic (exact) mass is 362 g/mol. The molecule has 0 amide bonds. The van der Waals surface area contributed by atoms with E-state index in [1.807, 2.05) is 24.3 Å². The van der Waals surface area contributed by atoms with Gasteiger partial charge in [-0.3, -0.25) is 0 Å². The van der Waals surface area contributed by atoms with Crippen LogP contribution >= 0.6 is 0 Å². The number of ether oxygens (including phenoxy) is 4. The average Bonchev–Trinajstić information content (AvgIpc) is 2.66. The number of methoxy groups -OCH3 is 4. The SMILES string of the molecule is COc1ccc(C[S+]([O-])/C=C/c2c(OC)cc(OC)cc2OC)cc1. The molecule has 2 aromatic rings. The van der Waals surface area contributed by atoms with Crippen molar-refractivity contribution in [1.82, 2.24) is 0 Å². The van der Waals surface area contributed by atoms with Crippen LogP contribution < -0.4 is 18.9 Å². The fraction of sp³-hybridized carbons (Fsp3) is 0.263. The molecule has 0 aromatic heterocycles. The lowest BCUT2D eigenvalue weighted by molar-refractivity contribution is 0.374. The van der Waals surface area contributed by atoms with E-state index >= 15 is 0 Å². The van der Waals surface area contributed by atoms with Gasteiger partial charge in [-0.2, -0.15) is 0 Å². The highest BCUT2D eigenvalue weighted by Gasteiger charge is 2.12. The van der Waals surface area contributed by atoms with Crippen LogP contribution in [0.4, 0.5) is 0 Å². The van der Waals surface area contributed by atoms with Gasteiger partial charge in [0.25, 0.3) is 0 Å². The zero-order valence-corrected chi connectivity index (χ0v) is 15.6. The Labute approximate surface area is 151 Å². The summed E-state index contributed by atoms with van der Waals surface area (Å²) < 4.78 is 33.5. The van der Waals surface area contributed by atoms with E-state index in [2.05, 4.69) is 0 Å². The van der Waals surface area contributed by atoms with Crippen LogP contribution in [0.2, 0.25) is 0 Å². The first-order chi connectivity index (χ1) is 12.1. The van der Waals surface area contributed by atoms with Crippen molar-refractivity contribution in [2.45, 2.75) is 5.75 Å². The van der Waals surface area contributed by atoms with Crippen molar-refractivity contribution < 1.29 is 23.5 Å². The van der Waals surface area contributed by atoms with Gasteiger partial charge < -0.3 is 23.5 Å². The molecule has 0 aliphatic carbocycles. The highest BCUT2D eigenvalue weighted by atomic mass is 32.2. The first-order valence-corrected chi connectivity index (χ1v) is 8.97. The Morgan fingerprint density at radius 1 is 0.840 bits per heavy atom. The highest BCUT2D eigenvalue weighted by molar-refractivity contribution is 7.93. The maximum atomic E-state index is 12.3. The Kier molecular flexibility index (Phi) is 7.03. The van der Waals surface area contributed by atoms with Crippen molar-refractivity contribution in [3.63, 3.8) is 0 Å². The Balaban J connectivity index is 2.16. The van der Waals surface area contributed by atoms with Gasteiger partial charge in [0, 0.05) is 23.8 Å². The van der Waals surface area contributed by atoms with Crippen molar-refractivity contribution in [2.24, 2.45) is 0 Å². The fourth-order valence-corrected chi connectivity index (χ4v) is 3.18. The van der Waals surface area contributed by atoms with Crippen LogP contribution in [-0.2, 0) is 16.9 Å². The summed E-state index contributed by atoms with van der Waals surface area (Å²) in [6.45, 7) is 0. The molecular formula is C19H22O5S. The summed E-state index contributed by atoms with van der Waals surface area (Å²) in [6.07, 6.45) is 1.75. The summed E-state index contributed by atoms with van der Waals surface area (Å²) in [6, 6.07) is 11.0. The molecule has 0 aliphatic heterocycles. The minimum atomic E-state index is -1.17. The minimum Gasteiger partial charge on any atom is -0.612 e. The van der Waals surface area contributed by atoms with Gasteiger partial charge in [-0.15, -0.1) is 0 Å². The highest BCUT2D eigenvalue weighted by Crippen LogP contribution is 2.35. The molecule has 0 saturated heterocycles. The van der Waals surface area contributed by atoms with Crippen LogP contribution in [0.3, 0.4) is 0 Å². The Hall–Kier alpha value is -2.31. The van der Waals surface area contributed by atoms with Crippen LogP contribution in [-0.4, -0.2) is 33.0 Å². The minimum absolute atomic E-state index is 0.418. The molecule has 0 heterocycles. The molecule has 0 aliphatic rings. The quantitative estimate of drug-likeness (QED) is 0.671. The van der Waals surface area contributed by atoms with E-state index < -0.39 is 11.2 Å². The van der Waals surface area contributed by atoms with Gasteiger partial charge in [0.2, 0.25) is 0 Å². The molecule has 0 spiro atoms. The molecule has 0 N–H and O–H groups in total. The van der Waals surface area contributed by atoms with Crippen molar-refractivity contribution in [2.75, 3.05) is 28.4 Å². The first kappa shape index (κ1) is 19.0. The van der Waals surface area contributed by atoms with E-state index in [1.54, 1.807) is 52.1 Å². The smallest absolute Gasteiger partial charge is 0.135 e. The Bertz CT molecular complexity index is 687. The lowest BCUT2D eigenvalue weighted by Gasteiger charge is -2.13. The molecule has 1 unspecified atom stereocenters. The maximum absolute atomic E-state index is 12.3. The van der Waals surface area contributed by atoms with Crippen LogP contribution in [0.25, 0.3) is 6.08 Å². The fourth-order valence-electron chi connectivity index (χ4n) is 2.27. The summed E-state index contributed by atoms with van der Waals surface area (Å²) >= 11 is -1.17. The topological polar surface area (TPSA) is 60.0 Å². The second-order valence-electron chi connectivity index (χ2n) is 5.12. The predicted octanol–water partition coefficient (Wildman–Crippen LogP) is 3.64. The summed E-state index contributed by atoms with van der Waals surface area (Å²) in [5.41, 5.74) is 1.69. The third-order valence-corrected chi connectivity index (χ3v) is 4.67. The normalized spacial score (nSPS) is 12.0. The largest absolute Gasteiger partial charge is 0.612 e. The molecular weight excluding hydrogens is 340 g/mol. The van der Waals surface area contributed by atoms with Crippen molar-refractivity contribution in [3.05, 3.63) is 52.9 Å². The standard InChI is InChI=1S/C19H22O5S/c1-21-15-7-5-14(6-8-15)13-25(20)10-9-17-18(23-3)11-16(22-2)12-19(17)24-4/h5-12H,13H2,1-4H3/b10-9+. The van der Waals surface area contributed by atoms with Gasteiger partial charge in [-0.25, -0.2) is 0 Å². The van der Waals surface area contributed by atoms with E-state index in [9.17, 15) is 4.55 Å². The van der Waals surface area contributed by atoms with E-state index in [1.165, 1.54) is 0 Å². The first-order valence-electron chi connectivity index (χ1n) is 7.59. The number of hydrogen-bond donors (Lipinski definition) is 0. The molecule has 134 valence electrons. The van der Waals surface area contributed by atoms with Gasteiger partial charge in [-0.1, -0.05) is 12.1 Å². The predicted molar refractivity (Wildman–Crippen MR) is 100.0 cm³/mol. The van der Waals surface area contributed by atoms with Gasteiger partial charge >= 0.3 is 0 Å². The summed E-state index contributed by atoms with van der Waals surface area (Å²) in [7, 11) is 6.33. The van der Waals surface area contributed by atoms with Crippen LogP contribution in [0, 0.1) is 0 Å². The van der Waals surface area contributed by atoms with Gasteiger partial charge in [-0.05, 0) is 23.3 Å². The molecule has 1 atom stereocenters. The average molecular weight is 362 g/mol. The van der Waals surface area contributed by atoms with Crippen LogP contribution in [0.15, 0.2) is 41.8 Å². The van der Waals surface area contributed by atoms with Crippen molar-refractivity contribution in [1.29, 1.82) is 0 Å². The van der Waals surface area contributed by atoms with E-state index in [0.29, 0.717) is 28.6 Å². The zero-order valence-electron chi connectivity index (χ0n) is 14.8. The third kappa shape index (κ3) is 5.08. The molecule has 0 bridgehead atoms. The van der Waals surface area contributed by atoms with E-state index in [0.717, 1.165) is 11.3 Å². The van der Waals surface area contributed by atoms with E-state index in [4.69, 9.17) is 18.9 Å². The molecule has 0 saturated carbocycles.